The van der Waals surface area contributed by atoms with Crippen LogP contribution in [0, 0.1) is 6.92 Å². The zero-order valence-corrected chi connectivity index (χ0v) is 10.1. The summed E-state index contributed by atoms with van der Waals surface area (Å²) < 4.78 is 33.1. The number of methoxy groups -OCH3 is 1. The lowest BCUT2D eigenvalue weighted by molar-refractivity contribution is 0.0558. The summed E-state index contributed by atoms with van der Waals surface area (Å²) in [4.78, 5) is 15.2. The van der Waals surface area contributed by atoms with Gasteiger partial charge in [-0.1, -0.05) is 11.8 Å². The minimum atomic E-state index is -1.70. The molecule has 0 aromatic carbocycles. The minimum Gasteiger partial charge on any atom is -0.463 e. The quantitative estimate of drug-likeness (QED) is 0.464. The highest BCUT2D eigenvalue weighted by Crippen LogP contribution is 2.22. The van der Waals surface area contributed by atoms with Crippen LogP contribution in [0.5, 0.6) is 0 Å². The van der Waals surface area contributed by atoms with Crippen molar-refractivity contribution in [2.45, 2.75) is 18.6 Å². The van der Waals surface area contributed by atoms with Gasteiger partial charge in [0.1, 0.15) is 0 Å². The van der Waals surface area contributed by atoms with Crippen LogP contribution in [0.3, 0.4) is 0 Å². The lowest BCUT2D eigenvalue weighted by atomic mass is 10.4. The first-order chi connectivity index (χ1) is 8.04. The van der Waals surface area contributed by atoms with Gasteiger partial charge < -0.3 is 9.15 Å². The number of allylic oxidation sites excluding steroid dienone is 1. The van der Waals surface area contributed by atoms with Gasteiger partial charge in [-0.25, -0.2) is 9.78 Å². The van der Waals surface area contributed by atoms with E-state index < -0.39 is 12.0 Å². The molecule has 0 spiro atoms. The number of hydrogen-bond acceptors (Lipinski definition) is 5. The SMILES string of the molecule is COC(=O)c1oc(SCCC=C(F)F)nc1C. The molecule has 1 aromatic heterocycles. The van der Waals surface area contributed by atoms with Gasteiger partial charge in [-0.3, -0.25) is 0 Å². The second kappa shape index (κ2) is 6.39. The second-order valence-corrected chi connectivity index (χ2v) is 4.06. The summed E-state index contributed by atoms with van der Waals surface area (Å²) in [6, 6.07) is 0. The number of aromatic nitrogens is 1. The molecule has 17 heavy (non-hydrogen) atoms. The largest absolute Gasteiger partial charge is 0.463 e. The number of aryl methyl sites for hydroxylation is 1. The Bertz CT molecular complexity index is 427. The Kier molecular flexibility index (Phi) is 5.14. The van der Waals surface area contributed by atoms with Crippen molar-refractivity contribution in [3.05, 3.63) is 23.6 Å². The summed E-state index contributed by atoms with van der Waals surface area (Å²) in [5.41, 5.74) is 0.423. The number of esters is 1. The monoisotopic (exact) mass is 263 g/mol. The Hall–Kier alpha value is -1.37. The van der Waals surface area contributed by atoms with Crippen LogP contribution in [0.15, 0.2) is 21.8 Å². The van der Waals surface area contributed by atoms with E-state index in [4.69, 9.17) is 4.42 Å². The van der Waals surface area contributed by atoms with Crippen LogP contribution in [-0.4, -0.2) is 23.8 Å². The van der Waals surface area contributed by atoms with E-state index in [2.05, 4.69) is 9.72 Å². The van der Waals surface area contributed by atoms with Crippen LogP contribution >= 0.6 is 11.8 Å². The van der Waals surface area contributed by atoms with E-state index in [1.54, 1.807) is 6.92 Å². The van der Waals surface area contributed by atoms with Crippen molar-refractivity contribution in [2.24, 2.45) is 0 Å². The number of carbonyl (C=O) groups excluding carboxylic acids is 1. The fourth-order valence-electron chi connectivity index (χ4n) is 1.03. The molecular formula is C10H11F2NO3S. The van der Waals surface area contributed by atoms with Gasteiger partial charge in [0, 0.05) is 5.75 Å². The maximum absolute atomic E-state index is 11.7. The topological polar surface area (TPSA) is 52.3 Å². The van der Waals surface area contributed by atoms with E-state index in [0.717, 1.165) is 17.8 Å². The first-order valence-corrected chi connectivity index (χ1v) is 5.73. The van der Waals surface area contributed by atoms with Crippen LogP contribution < -0.4 is 0 Å². The molecule has 94 valence electrons. The van der Waals surface area contributed by atoms with Gasteiger partial charge in [-0.05, 0) is 19.4 Å². The average molecular weight is 263 g/mol. The third kappa shape index (κ3) is 4.18. The van der Waals surface area contributed by atoms with Gasteiger partial charge in [0.2, 0.25) is 5.76 Å². The van der Waals surface area contributed by atoms with E-state index in [0.29, 0.717) is 11.4 Å². The number of rotatable bonds is 5. The molecule has 0 unspecified atom stereocenters. The molecule has 1 aromatic rings. The number of carbonyl (C=O) groups is 1. The molecule has 0 aliphatic heterocycles. The van der Waals surface area contributed by atoms with Crippen LogP contribution in [0.1, 0.15) is 22.7 Å². The molecule has 0 aliphatic rings. The molecule has 1 rings (SSSR count). The maximum atomic E-state index is 11.7. The number of halogens is 2. The molecule has 0 saturated heterocycles. The summed E-state index contributed by atoms with van der Waals surface area (Å²) in [7, 11) is 1.24. The van der Waals surface area contributed by atoms with Crippen molar-refractivity contribution in [3.8, 4) is 0 Å². The molecule has 0 amide bonds. The van der Waals surface area contributed by atoms with Gasteiger partial charge in [-0.15, -0.1) is 0 Å². The molecule has 0 radical (unpaired) electrons. The highest BCUT2D eigenvalue weighted by atomic mass is 32.2. The lowest BCUT2D eigenvalue weighted by Crippen LogP contribution is -2.00. The Morgan fingerprint density at radius 2 is 2.29 bits per heavy atom. The smallest absolute Gasteiger partial charge is 0.376 e. The summed E-state index contributed by atoms with van der Waals surface area (Å²) in [5, 5.41) is 0.274. The van der Waals surface area contributed by atoms with E-state index >= 15 is 0 Å². The van der Waals surface area contributed by atoms with Crippen LogP contribution in [0.4, 0.5) is 8.78 Å². The molecular weight excluding hydrogens is 252 g/mol. The van der Waals surface area contributed by atoms with E-state index in [1.165, 1.54) is 7.11 Å². The molecule has 0 fully saturated rings. The number of hydrogen-bond donors (Lipinski definition) is 0. The third-order valence-electron chi connectivity index (χ3n) is 1.79. The van der Waals surface area contributed by atoms with Crippen molar-refractivity contribution in [1.82, 2.24) is 4.98 Å². The normalized spacial score (nSPS) is 10.1. The minimum absolute atomic E-state index is 0.0437. The molecule has 0 aliphatic carbocycles. The van der Waals surface area contributed by atoms with Gasteiger partial charge >= 0.3 is 5.97 Å². The molecule has 1 heterocycles. The van der Waals surface area contributed by atoms with Crippen LogP contribution in [0.25, 0.3) is 0 Å². The molecule has 7 heteroatoms. The molecule has 0 bridgehead atoms. The summed E-state index contributed by atoms with van der Waals surface area (Å²) in [6.07, 6.45) is -0.670. The fraction of sp³-hybridized carbons (Fsp3) is 0.400. The Labute approximate surface area is 101 Å². The fourth-order valence-corrected chi connectivity index (χ4v) is 1.78. The van der Waals surface area contributed by atoms with Gasteiger partial charge in [0.15, 0.2) is 0 Å². The number of oxazole rings is 1. The predicted octanol–water partition coefficient (Wildman–Crippen LogP) is 3.03. The molecule has 0 atom stereocenters. The predicted molar refractivity (Wildman–Crippen MR) is 58.2 cm³/mol. The number of thioether (sulfide) groups is 1. The Balaban J connectivity index is 2.56. The standard InChI is InChI=1S/C10H11F2NO3S/c1-6-8(9(14)15-2)16-10(13-6)17-5-3-4-7(11)12/h4H,3,5H2,1-2H3. The first-order valence-electron chi connectivity index (χ1n) is 4.74. The second-order valence-electron chi connectivity index (χ2n) is 3.02. The summed E-state index contributed by atoms with van der Waals surface area (Å²) in [6.45, 7) is 1.61. The third-order valence-corrected chi connectivity index (χ3v) is 2.65. The zero-order valence-electron chi connectivity index (χ0n) is 9.33. The van der Waals surface area contributed by atoms with E-state index in [-0.39, 0.29) is 17.4 Å². The van der Waals surface area contributed by atoms with Crippen molar-refractivity contribution in [1.29, 1.82) is 0 Å². The van der Waals surface area contributed by atoms with Crippen LogP contribution in [0.2, 0.25) is 0 Å². The number of ether oxygens (including phenoxy) is 1. The zero-order chi connectivity index (χ0) is 12.8. The van der Waals surface area contributed by atoms with E-state index in [1.807, 2.05) is 0 Å². The van der Waals surface area contributed by atoms with Crippen molar-refractivity contribution in [3.63, 3.8) is 0 Å². The summed E-state index contributed by atoms with van der Waals surface area (Å²) >= 11 is 1.16. The van der Waals surface area contributed by atoms with Gasteiger partial charge in [-0.2, -0.15) is 8.78 Å². The van der Waals surface area contributed by atoms with Gasteiger partial charge in [0.25, 0.3) is 11.3 Å². The van der Waals surface area contributed by atoms with Crippen molar-refractivity contribution >= 4 is 17.7 Å². The highest BCUT2D eigenvalue weighted by molar-refractivity contribution is 7.99. The Morgan fingerprint density at radius 1 is 1.59 bits per heavy atom. The van der Waals surface area contributed by atoms with Gasteiger partial charge in [0.05, 0.1) is 12.8 Å². The van der Waals surface area contributed by atoms with Crippen LogP contribution in [-0.2, 0) is 4.74 Å². The average Bonchev–Trinajstić information content (AvgIpc) is 2.65. The maximum Gasteiger partial charge on any atom is 0.376 e. The lowest BCUT2D eigenvalue weighted by Gasteiger charge is -1.93. The number of nitrogens with zero attached hydrogens (tertiary/aromatic N) is 1. The first kappa shape index (κ1) is 13.7. The van der Waals surface area contributed by atoms with Crippen molar-refractivity contribution < 1.29 is 22.7 Å². The van der Waals surface area contributed by atoms with E-state index in [9.17, 15) is 13.6 Å². The molecule has 0 N–H and O–H groups in total. The Morgan fingerprint density at radius 3 is 2.88 bits per heavy atom. The molecule has 4 nitrogen and oxygen atoms in total. The van der Waals surface area contributed by atoms with Crippen molar-refractivity contribution in [2.75, 3.05) is 12.9 Å². The molecule has 0 saturated carbocycles. The summed E-state index contributed by atoms with van der Waals surface area (Å²) in [5.74, 6) is -0.156. The highest BCUT2D eigenvalue weighted by Gasteiger charge is 2.17.